The van der Waals surface area contributed by atoms with Gasteiger partial charge in [0.2, 0.25) is 0 Å². The van der Waals surface area contributed by atoms with Crippen molar-refractivity contribution in [1.82, 2.24) is 0 Å². The molecule has 0 saturated carbocycles. The minimum atomic E-state index is -2.88. The van der Waals surface area contributed by atoms with Gasteiger partial charge in [-0.05, 0) is 18.6 Å². The molecule has 0 heterocycles. The van der Waals surface area contributed by atoms with Gasteiger partial charge in [-0.2, -0.15) is 0 Å². The van der Waals surface area contributed by atoms with Crippen LogP contribution in [-0.4, -0.2) is 26.2 Å². The van der Waals surface area contributed by atoms with Crippen LogP contribution in [0.25, 0.3) is 0 Å². The van der Waals surface area contributed by atoms with Gasteiger partial charge in [-0.3, -0.25) is 0 Å². The van der Waals surface area contributed by atoms with Crippen molar-refractivity contribution in [3.05, 3.63) is 29.8 Å². The van der Waals surface area contributed by atoms with Crippen LogP contribution in [0, 0.1) is 0 Å². The predicted molar refractivity (Wildman–Crippen MR) is 69.5 cm³/mol. The van der Waals surface area contributed by atoms with E-state index in [0.717, 1.165) is 10.5 Å². The van der Waals surface area contributed by atoms with Crippen LogP contribution < -0.4 is 5.73 Å². The molecule has 2 N–H and O–H groups in total. The number of rotatable bonds is 5. The van der Waals surface area contributed by atoms with Gasteiger partial charge in [0.15, 0.2) is 0 Å². The van der Waals surface area contributed by atoms with E-state index in [4.69, 9.17) is 5.73 Å². The second-order valence-corrected chi connectivity index (χ2v) is 7.20. The Balaban J connectivity index is 2.67. The summed E-state index contributed by atoms with van der Waals surface area (Å²) in [4.78, 5) is 1.07. The topological polar surface area (TPSA) is 60.2 Å². The van der Waals surface area contributed by atoms with Crippen LogP contribution in [-0.2, 0) is 9.84 Å². The molecule has 1 rings (SSSR count). The maximum Gasteiger partial charge on any atom is 0.148 e. The molecule has 16 heavy (non-hydrogen) atoms. The van der Waals surface area contributed by atoms with E-state index < -0.39 is 9.84 Å². The number of hydrogen-bond donors (Lipinski definition) is 1. The fourth-order valence-corrected chi connectivity index (χ4v) is 3.65. The van der Waals surface area contributed by atoms with E-state index >= 15 is 0 Å². The summed E-state index contributed by atoms with van der Waals surface area (Å²) >= 11 is 1.54. The number of sulfone groups is 1. The molecular weight excluding hydrogens is 242 g/mol. The highest BCUT2D eigenvalue weighted by atomic mass is 32.2. The largest absolute Gasteiger partial charge is 0.324 e. The van der Waals surface area contributed by atoms with Gasteiger partial charge in [0, 0.05) is 22.9 Å². The molecule has 0 aromatic heterocycles. The van der Waals surface area contributed by atoms with Crippen molar-refractivity contribution >= 4 is 21.6 Å². The highest BCUT2D eigenvalue weighted by Crippen LogP contribution is 2.26. The van der Waals surface area contributed by atoms with E-state index in [9.17, 15) is 8.42 Å². The molecule has 0 amide bonds. The van der Waals surface area contributed by atoms with Crippen molar-refractivity contribution in [2.24, 2.45) is 5.73 Å². The molecule has 0 saturated heterocycles. The van der Waals surface area contributed by atoms with Gasteiger partial charge < -0.3 is 5.73 Å². The zero-order valence-corrected chi connectivity index (χ0v) is 11.1. The second kappa shape index (κ2) is 5.70. The third-order valence-electron chi connectivity index (χ3n) is 2.12. The Kier molecular flexibility index (Phi) is 4.83. The number of thioether (sulfide) groups is 1. The van der Waals surface area contributed by atoms with E-state index in [1.165, 1.54) is 6.26 Å². The summed E-state index contributed by atoms with van der Waals surface area (Å²) in [6.45, 7) is 1.93. The molecule has 1 aromatic rings. The van der Waals surface area contributed by atoms with E-state index in [2.05, 4.69) is 0 Å². The first kappa shape index (κ1) is 13.5. The first-order chi connectivity index (χ1) is 7.40. The molecule has 0 aliphatic rings. The molecule has 1 aromatic carbocycles. The Hall–Kier alpha value is -0.520. The Bertz CT molecular complexity index is 441. The van der Waals surface area contributed by atoms with Crippen LogP contribution in [0.2, 0.25) is 0 Å². The molecule has 0 unspecified atom stereocenters. The summed E-state index contributed by atoms with van der Waals surface area (Å²) in [7, 11) is -2.88. The molecule has 0 radical (unpaired) electrons. The maximum atomic E-state index is 11.0. The molecule has 90 valence electrons. The molecule has 0 aliphatic carbocycles. The molecule has 0 bridgehead atoms. The Morgan fingerprint density at radius 3 is 2.56 bits per heavy atom. The Morgan fingerprint density at radius 1 is 1.38 bits per heavy atom. The average Bonchev–Trinajstić information content (AvgIpc) is 2.16. The Labute approximate surface area is 101 Å². The number of nitrogens with two attached hydrogens (primary N) is 1. The molecule has 0 spiro atoms. The summed E-state index contributed by atoms with van der Waals surface area (Å²) in [6.07, 6.45) is 1.25. The van der Waals surface area contributed by atoms with Crippen LogP contribution in [0.15, 0.2) is 29.2 Å². The van der Waals surface area contributed by atoms with Crippen LogP contribution in [0.4, 0.5) is 0 Å². The van der Waals surface area contributed by atoms with E-state index in [0.29, 0.717) is 5.75 Å². The fraction of sp³-hybridized carbons (Fsp3) is 0.455. The van der Waals surface area contributed by atoms with Crippen LogP contribution >= 0.6 is 11.8 Å². The SMILES string of the molecule is C[C@H](N)c1ccccc1SCCS(C)(=O)=O. The zero-order valence-electron chi connectivity index (χ0n) is 9.51. The predicted octanol–water partition coefficient (Wildman–Crippen LogP) is 1.84. The lowest BCUT2D eigenvalue weighted by Gasteiger charge is -2.11. The standard InChI is InChI=1S/C11H17NO2S2/c1-9(12)10-5-3-4-6-11(10)15-7-8-16(2,13)14/h3-6,9H,7-8,12H2,1-2H3/t9-/m0/s1. The molecular formula is C11H17NO2S2. The molecule has 0 fully saturated rings. The molecule has 5 heteroatoms. The highest BCUT2D eigenvalue weighted by Gasteiger charge is 2.08. The lowest BCUT2D eigenvalue weighted by molar-refractivity contribution is 0.603. The normalized spacial score (nSPS) is 13.7. The van der Waals surface area contributed by atoms with Gasteiger partial charge in [0.1, 0.15) is 9.84 Å². The van der Waals surface area contributed by atoms with E-state index in [1.54, 1.807) is 11.8 Å². The van der Waals surface area contributed by atoms with Crippen molar-refractivity contribution in [1.29, 1.82) is 0 Å². The monoisotopic (exact) mass is 259 g/mol. The fourth-order valence-electron chi connectivity index (χ4n) is 1.29. The van der Waals surface area contributed by atoms with Gasteiger partial charge in [0.25, 0.3) is 0 Å². The van der Waals surface area contributed by atoms with Gasteiger partial charge >= 0.3 is 0 Å². The van der Waals surface area contributed by atoms with Gasteiger partial charge in [0.05, 0.1) is 5.75 Å². The second-order valence-electron chi connectivity index (χ2n) is 3.80. The van der Waals surface area contributed by atoms with Crippen LogP contribution in [0.1, 0.15) is 18.5 Å². The van der Waals surface area contributed by atoms with Crippen LogP contribution in [0.5, 0.6) is 0 Å². The molecule has 3 nitrogen and oxygen atoms in total. The van der Waals surface area contributed by atoms with E-state index in [1.807, 2.05) is 31.2 Å². The minimum absolute atomic E-state index is 0.0260. The summed E-state index contributed by atoms with van der Waals surface area (Å²) < 4.78 is 22.0. The third kappa shape index (κ3) is 4.55. The van der Waals surface area contributed by atoms with Crippen LogP contribution in [0.3, 0.4) is 0 Å². The number of hydrogen-bond acceptors (Lipinski definition) is 4. The first-order valence-corrected chi connectivity index (χ1v) is 8.10. The highest BCUT2D eigenvalue weighted by molar-refractivity contribution is 8.00. The summed E-state index contributed by atoms with van der Waals surface area (Å²) in [6, 6.07) is 7.81. The maximum absolute atomic E-state index is 11.0. The number of benzene rings is 1. The molecule has 1 atom stereocenters. The zero-order chi connectivity index (χ0) is 12.2. The van der Waals surface area contributed by atoms with Crippen molar-refractivity contribution in [3.8, 4) is 0 Å². The first-order valence-electron chi connectivity index (χ1n) is 5.05. The van der Waals surface area contributed by atoms with E-state index in [-0.39, 0.29) is 11.8 Å². The van der Waals surface area contributed by atoms with Crippen molar-refractivity contribution in [2.75, 3.05) is 17.8 Å². The van der Waals surface area contributed by atoms with Crippen molar-refractivity contribution in [3.63, 3.8) is 0 Å². The Morgan fingerprint density at radius 2 is 2.00 bits per heavy atom. The minimum Gasteiger partial charge on any atom is -0.324 e. The summed E-state index contributed by atoms with van der Waals surface area (Å²) in [5, 5.41) is 0. The third-order valence-corrected chi connectivity index (χ3v) is 4.42. The average molecular weight is 259 g/mol. The lowest BCUT2D eigenvalue weighted by atomic mass is 10.1. The van der Waals surface area contributed by atoms with Gasteiger partial charge in [-0.15, -0.1) is 11.8 Å². The summed E-state index contributed by atoms with van der Waals surface area (Å²) in [5.74, 6) is 0.771. The van der Waals surface area contributed by atoms with Gasteiger partial charge in [-0.25, -0.2) is 8.42 Å². The lowest BCUT2D eigenvalue weighted by Crippen LogP contribution is -2.08. The van der Waals surface area contributed by atoms with Crippen molar-refractivity contribution < 1.29 is 8.42 Å². The smallest absolute Gasteiger partial charge is 0.148 e. The van der Waals surface area contributed by atoms with Crippen molar-refractivity contribution in [2.45, 2.75) is 17.9 Å². The quantitative estimate of drug-likeness (QED) is 0.820. The molecule has 0 aliphatic heterocycles. The summed E-state index contributed by atoms with van der Waals surface area (Å²) in [5.41, 5.74) is 6.91. The van der Waals surface area contributed by atoms with Gasteiger partial charge in [-0.1, -0.05) is 18.2 Å².